The Morgan fingerprint density at radius 1 is 1.45 bits per heavy atom. The molecule has 11 heavy (non-hydrogen) atoms. The zero-order valence-electron chi connectivity index (χ0n) is 6.71. The summed E-state index contributed by atoms with van der Waals surface area (Å²) in [6.07, 6.45) is 2.53. The minimum atomic E-state index is 0.568. The summed E-state index contributed by atoms with van der Waals surface area (Å²) in [7, 11) is 0. The Balaban J connectivity index is 2.41. The van der Waals surface area contributed by atoms with Gasteiger partial charge in [0.05, 0.1) is 0 Å². The van der Waals surface area contributed by atoms with Crippen LogP contribution in [0.5, 0.6) is 0 Å². The van der Waals surface area contributed by atoms with Gasteiger partial charge in [-0.05, 0) is 0 Å². The van der Waals surface area contributed by atoms with E-state index in [4.69, 9.17) is 0 Å². The molecule has 0 unspecified atom stereocenters. The van der Waals surface area contributed by atoms with Gasteiger partial charge in [0.25, 0.3) is 0 Å². The molecule has 1 aromatic carbocycles. The van der Waals surface area contributed by atoms with Crippen LogP contribution in [0.15, 0.2) is 18.2 Å². The topological polar surface area (TPSA) is 0 Å². The molecule has 0 radical (unpaired) electrons. The average Bonchev–Trinajstić information content (AvgIpc) is 2.50. The van der Waals surface area contributed by atoms with Crippen LogP contribution in [0, 0.1) is 44.2 Å². The number of benzene rings is 1. The molecule has 0 nitrogen and oxygen atoms in total. The van der Waals surface area contributed by atoms with Gasteiger partial charge in [0.2, 0.25) is 0 Å². The van der Waals surface area contributed by atoms with E-state index in [1.807, 2.05) is 0 Å². The summed E-state index contributed by atoms with van der Waals surface area (Å²) in [6, 6.07) is 7.04. The molecule has 0 spiro atoms. The van der Waals surface area contributed by atoms with E-state index in [0.717, 1.165) is 0 Å². The predicted molar refractivity (Wildman–Crippen MR) is 44.0 cm³/mol. The molecule has 0 N–H and O–H groups in total. The van der Waals surface area contributed by atoms with Gasteiger partial charge in [0.1, 0.15) is 0 Å². The second-order valence-corrected chi connectivity index (χ2v) is 5.63. The van der Waals surface area contributed by atoms with Crippen LogP contribution in [-0.4, -0.2) is 0 Å². The summed E-state index contributed by atoms with van der Waals surface area (Å²) in [5.74, 6) is 0. The molecule has 0 aliphatic carbocycles. The van der Waals surface area contributed by atoms with Gasteiger partial charge in [-0.2, -0.15) is 0 Å². The van der Waals surface area contributed by atoms with Gasteiger partial charge in [-0.1, -0.05) is 0 Å². The van der Waals surface area contributed by atoms with Crippen molar-refractivity contribution < 1.29 is 44.2 Å². The SMILES string of the molecule is CCc1ccc2c(c1)CC[Xe]2. The Labute approximate surface area is 92.7 Å². The fourth-order valence-electron chi connectivity index (χ4n) is 1.39. The first-order chi connectivity index (χ1) is 5.40. The van der Waals surface area contributed by atoms with Gasteiger partial charge in [-0.15, -0.1) is 0 Å². The summed E-state index contributed by atoms with van der Waals surface area (Å²) < 4.78 is 3.13. The number of aryl methyl sites for hydroxylation is 2. The molecule has 60 valence electrons. The van der Waals surface area contributed by atoms with Crippen molar-refractivity contribution in [3.8, 4) is 0 Å². The molecule has 1 heterocycles. The summed E-state index contributed by atoms with van der Waals surface area (Å²) in [5, 5.41) is 0. The first-order valence-electron chi connectivity index (χ1n) is 4.08. The van der Waals surface area contributed by atoms with E-state index >= 15 is 0 Å². The van der Waals surface area contributed by atoms with Crippen LogP contribution in [0.1, 0.15) is 18.1 Å². The van der Waals surface area contributed by atoms with Crippen LogP contribution in [0.3, 0.4) is 0 Å². The van der Waals surface area contributed by atoms with Crippen molar-refractivity contribution in [1.82, 2.24) is 0 Å². The molecule has 0 aromatic heterocycles. The molecule has 0 saturated carbocycles. The molecule has 0 amide bonds. The number of hydrogen-bond donors (Lipinski definition) is 0. The van der Waals surface area contributed by atoms with E-state index in [1.165, 1.54) is 19.3 Å². The molecular formula is C10H12Xe. The van der Waals surface area contributed by atoms with Crippen molar-refractivity contribution in [1.29, 1.82) is 0 Å². The molecule has 0 saturated heterocycles. The third-order valence-electron chi connectivity index (χ3n) is 2.09. The van der Waals surface area contributed by atoms with Crippen molar-refractivity contribution >= 4 is 0.0314 Å². The van der Waals surface area contributed by atoms with Crippen LogP contribution in [-0.2, 0) is 12.8 Å². The van der Waals surface area contributed by atoms with Crippen LogP contribution < -0.4 is 0.0314 Å². The van der Waals surface area contributed by atoms with Crippen molar-refractivity contribution in [2.24, 2.45) is 0 Å². The minimum absolute atomic E-state index is 0.568. The van der Waals surface area contributed by atoms with Crippen molar-refractivity contribution in [2.45, 2.75) is 20.7 Å². The zero-order chi connectivity index (χ0) is 7.68. The summed E-state index contributed by atoms with van der Waals surface area (Å²) in [4.78, 5) is 0. The molecule has 2 rings (SSSR count). The van der Waals surface area contributed by atoms with Crippen molar-refractivity contribution in [3.63, 3.8) is 0 Å². The quantitative estimate of drug-likeness (QED) is 0.726. The van der Waals surface area contributed by atoms with Gasteiger partial charge in [0, 0.05) is 0 Å². The fraction of sp³-hybridized carbons (Fsp3) is 0.400. The maximum atomic E-state index is 2.40. The molecule has 0 bridgehead atoms. The summed E-state index contributed by atoms with van der Waals surface area (Å²) in [5.41, 5.74) is 3.15. The Bertz CT molecular complexity index is 266. The Morgan fingerprint density at radius 3 is 3.18 bits per heavy atom. The Kier molecular flexibility index (Phi) is 2.80. The maximum absolute atomic E-state index is 2.40. The van der Waals surface area contributed by atoms with E-state index in [2.05, 4.69) is 25.1 Å². The van der Waals surface area contributed by atoms with E-state index in [9.17, 15) is 0 Å². The summed E-state index contributed by atoms with van der Waals surface area (Å²) >= 11 is 0.568. The van der Waals surface area contributed by atoms with E-state index in [1.54, 1.807) is 5.59 Å². The van der Waals surface area contributed by atoms with Crippen molar-refractivity contribution in [2.75, 3.05) is 0 Å². The molecule has 1 heteroatoms. The monoisotopic (exact) mass is 264 g/mol. The van der Waals surface area contributed by atoms with Crippen LogP contribution in [0.25, 0.3) is 0 Å². The molecule has 0 atom stereocenters. The summed E-state index contributed by atoms with van der Waals surface area (Å²) in [6.45, 7) is 2.23. The standard InChI is InChI=1S/C10H12Xe/c1-2-8-3-4-10-9(7-8)5-6-11-10/h3-4,7H,2,5-6H2,1H3. The van der Waals surface area contributed by atoms with Gasteiger partial charge < -0.3 is 0 Å². The van der Waals surface area contributed by atoms with Gasteiger partial charge >= 0.3 is 94.2 Å². The Morgan fingerprint density at radius 2 is 2.36 bits per heavy atom. The first-order valence-corrected chi connectivity index (χ1v) is 6.52. The molecule has 1 aliphatic heterocycles. The third kappa shape index (κ3) is 1.76. The van der Waals surface area contributed by atoms with Gasteiger partial charge in [-0.25, -0.2) is 0 Å². The second kappa shape index (κ2) is 3.67. The van der Waals surface area contributed by atoms with Crippen LogP contribution in [0.4, 0.5) is 0 Å². The third-order valence-corrected chi connectivity index (χ3v) is 4.85. The number of rotatable bonds is 1. The Hall–Kier alpha value is 0.791. The first kappa shape index (κ1) is 8.39. The van der Waals surface area contributed by atoms with E-state index in [0.29, 0.717) is 44.2 Å². The normalized spacial score (nSPS) is 15.7. The fourth-order valence-corrected chi connectivity index (χ4v) is 3.99. The molecule has 0 fully saturated rings. The van der Waals surface area contributed by atoms with Crippen molar-refractivity contribution in [3.05, 3.63) is 29.3 Å². The van der Waals surface area contributed by atoms with Crippen LogP contribution in [0.2, 0.25) is 0.889 Å². The van der Waals surface area contributed by atoms with E-state index in [-0.39, 0.29) is 0 Å². The molecule has 1 aromatic rings. The van der Waals surface area contributed by atoms with E-state index < -0.39 is 0 Å². The predicted octanol–water partition coefficient (Wildman–Crippen LogP) is 1.93. The van der Waals surface area contributed by atoms with Gasteiger partial charge in [-0.3, -0.25) is 0 Å². The number of fused-ring (bicyclic) bond motifs is 1. The van der Waals surface area contributed by atoms with Gasteiger partial charge in [0.15, 0.2) is 0 Å². The molecule has 1 aliphatic rings. The number of hydrogen-bond acceptors (Lipinski definition) is 0. The molecular weight excluding hydrogens is 251 g/mol. The zero-order valence-corrected chi connectivity index (χ0v) is 8.73. The average molecular weight is 263 g/mol. The van der Waals surface area contributed by atoms with Crippen LogP contribution >= 0.6 is 0 Å². The second-order valence-electron chi connectivity index (χ2n) is 2.82.